The quantitative estimate of drug-likeness (QED) is 0.695. The molecule has 3 fully saturated rings. The van der Waals surface area contributed by atoms with E-state index in [-0.39, 0.29) is 30.4 Å². The van der Waals surface area contributed by atoms with Gasteiger partial charge in [-0.25, -0.2) is 18.1 Å². The van der Waals surface area contributed by atoms with Gasteiger partial charge in [-0.3, -0.25) is 4.79 Å². The van der Waals surface area contributed by atoms with Crippen LogP contribution in [0.25, 0.3) is 0 Å². The lowest BCUT2D eigenvalue weighted by Crippen LogP contribution is -2.42. The second-order valence-electron chi connectivity index (χ2n) is 4.86. The summed E-state index contributed by atoms with van der Waals surface area (Å²) >= 11 is 0. The largest absolute Gasteiger partial charge is 0.439 e. The Morgan fingerprint density at radius 1 is 1.17 bits per heavy atom. The summed E-state index contributed by atoms with van der Waals surface area (Å²) in [5.41, 5.74) is 0. The van der Waals surface area contributed by atoms with Crippen molar-refractivity contribution in [3.8, 4) is 0 Å². The molecule has 3 rings (SSSR count). The van der Waals surface area contributed by atoms with E-state index >= 15 is 0 Å². The molecule has 3 aliphatic rings. The van der Waals surface area contributed by atoms with Crippen LogP contribution in [0.1, 0.15) is 19.3 Å². The van der Waals surface area contributed by atoms with Gasteiger partial charge in [0.2, 0.25) is 10.0 Å². The van der Waals surface area contributed by atoms with Crippen molar-refractivity contribution >= 4 is 22.0 Å². The zero-order valence-corrected chi connectivity index (χ0v) is 10.6. The first-order valence-corrected chi connectivity index (χ1v) is 7.48. The lowest BCUT2D eigenvalue weighted by Gasteiger charge is -2.20. The van der Waals surface area contributed by atoms with Gasteiger partial charge >= 0.3 is 6.09 Å². The predicted octanol–water partition coefficient (Wildman–Crippen LogP) is -0.468. The fourth-order valence-corrected chi connectivity index (χ4v) is 4.34. The van der Waals surface area contributed by atoms with E-state index < -0.39 is 16.1 Å². The van der Waals surface area contributed by atoms with Gasteiger partial charge in [0.1, 0.15) is 0 Å². The van der Waals surface area contributed by atoms with Crippen molar-refractivity contribution in [1.29, 1.82) is 0 Å². The summed E-state index contributed by atoms with van der Waals surface area (Å²) in [7, 11) is -3.22. The number of cyclic esters (lactones) is 1. The summed E-state index contributed by atoms with van der Waals surface area (Å²) in [6.07, 6.45) is 1.27. The minimum absolute atomic E-state index is 0.208. The van der Waals surface area contributed by atoms with Crippen LogP contribution in [0.4, 0.5) is 4.79 Å². The molecule has 18 heavy (non-hydrogen) atoms. The molecule has 0 spiro atoms. The van der Waals surface area contributed by atoms with Crippen LogP contribution in [0.2, 0.25) is 0 Å². The molecule has 0 aromatic rings. The summed E-state index contributed by atoms with van der Waals surface area (Å²) in [5.74, 6) is -0.379. The van der Waals surface area contributed by atoms with Gasteiger partial charge in [0.15, 0.2) is 6.61 Å². The molecule has 0 radical (unpaired) electrons. The van der Waals surface area contributed by atoms with Crippen LogP contribution < -0.4 is 0 Å². The number of imide groups is 1. The number of carbonyl (C=O) groups excluding carboxylic acids is 2. The number of amides is 2. The summed E-state index contributed by atoms with van der Waals surface area (Å²) in [6.45, 7) is 0.352. The third-order valence-electron chi connectivity index (χ3n) is 3.58. The minimum Gasteiger partial charge on any atom is -0.439 e. The van der Waals surface area contributed by atoms with Crippen molar-refractivity contribution in [1.82, 2.24) is 9.21 Å². The molecule has 2 saturated heterocycles. The predicted molar refractivity (Wildman–Crippen MR) is 60.1 cm³/mol. The van der Waals surface area contributed by atoms with E-state index in [4.69, 9.17) is 0 Å². The number of ether oxygens (including phenoxy) is 1. The molecule has 0 aromatic carbocycles. The maximum Gasteiger partial charge on any atom is 0.417 e. The molecule has 1 atom stereocenters. The third kappa shape index (κ3) is 1.79. The highest BCUT2D eigenvalue weighted by molar-refractivity contribution is 7.90. The third-order valence-corrected chi connectivity index (χ3v) is 5.95. The average Bonchev–Trinajstić information content (AvgIpc) is 2.99. The van der Waals surface area contributed by atoms with Crippen molar-refractivity contribution in [3.63, 3.8) is 0 Å². The van der Waals surface area contributed by atoms with E-state index in [9.17, 15) is 18.0 Å². The van der Waals surface area contributed by atoms with E-state index in [0.29, 0.717) is 25.8 Å². The molecule has 1 saturated carbocycles. The number of hydrogen-bond acceptors (Lipinski definition) is 5. The van der Waals surface area contributed by atoms with Crippen LogP contribution >= 0.6 is 0 Å². The first-order valence-electron chi connectivity index (χ1n) is 5.98. The van der Waals surface area contributed by atoms with Gasteiger partial charge in [-0.1, -0.05) is 0 Å². The van der Waals surface area contributed by atoms with E-state index in [0.717, 1.165) is 4.90 Å². The topological polar surface area (TPSA) is 84.0 Å². The molecule has 0 aromatic heterocycles. The van der Waals surface area contributed by atoms with Crippen LogP contribution in [0.5, 0.6) is 0 Å². The molecule has 1 aliphatic carbocycles. The molecule has 0 N–H and O–H groups in total. The van der Waals surface area contributed by atoms with Crippen LogP contribution in [0.15, 0.2) is 0 Å². The first-order chi connectivity index (χ1) is 8.50. The van der Waals surface area contributed by atoms with Crippen LogP contribution in [-0.4, -0.2) is 60.6 Å². The van der Waals surface area contributed by atoms with E-state index in [1.165, 1.54) is 4.31 Å². The number of rotatable bonds is 3. The first kappa shape index (κ1) is 11.9. The van der Waals surface area contributed by atoms with Gasteiger partial charge in [-0.2, -0.15) is 4.31 Å². The van der Waals surface area contributed by atoms with Gasteiger partial charge in [0.25, 0.3) is 5.91 Å². The molecular formula is C10H14N2O5S. The van der Waals surface area contributed by atoms with Crippen molar-refractivity contribution in [3.05, 3.63) is 0 Å². The van der Waals surface area contributed by atoms with Gasteiger partial charge in [0, 0.05) is 13.1 Å². The smallest absolute Gasteiger partial charge is 0.417 e. The Kier molecular flexibility index (Phi) is 2.60. The van der Waals surface area contributed by atoms with Crippen molar-refractivity contribution in [2.24, 2.45) is 0 Å². The SMILES string of the molecule is O=C1COC(=O)N1C1CCN(S(=O)(=O)C2CC2)C1. The molecule has 7 nitrogen and oxygen atoms in total. The van der Waals surface area contributed by atoms with Gasteiger partial charge in [-0.05, 0) is 19.3 Å². The number of carbonyl (C=O) groups is 2. The maximum atomic E-state index is 12.0. The van der Waals surface area contributed by atoms with Crippen molar-refractivity contribution in [2.75, 3.05) is 19.7 Å². The second-order valence-corrected chi connectivity index (χ2v) is 7.08. The molecule has 2 aliphatic heterocycles. The molecule has 1 unspecified atom stereocenters. The molecule has 2 amide bonds. The summed E-state index contributed by atoms with van der Waals surface area (Å²) in [6, 6.07) is -0.374. The van der Waals surface area contributed by atoms with Gasteiger partial charge < -0.3 is 4.74 Å². The zero-order valence-electron chi connectivity index (χ0n) is 9.74. The Morgan fingerprint density at radius 3 is 2.44 bits per heavy atom. The van der Waals surface area contributed by atoms with Crippen LogP contribution in [-0.2, 0) is 19.6 Å². The van der Waals surface area contributed by atoms with Gasteiger partial charge in [-0.15, -0.1) is 0 Å². The number of nitrogens with zero attached hydrogens (tertiary/aromatic N) is 2. The number of sulfonamides is 1. The monoisotopic (exact) mass is 274 g/mol. The Balaban J connectivity index is 1.72. The Hall–Kier alpha value is -1.15. The van der Waals surface area contributed by atoms with Crippen LogP contribution in [0.3, 0.4) is 0 Å². The molecule has 2 heterocycles. The van der Waals surface area contributed by atoms with Crippen molar-refractivity contribution in [2.45, 2.75) is 30.6 Å². The second kappa shape index (κ2) is 3.92. The minimum atomic E-state index is -3.22. The lowest BCUT2D eigenvalue weighted by atomic mass is 10.2. The number of hydrogen-bond donors (Lipinski definition) is 0. The Morgan fingerprint density at radius 2 is 1.89 bits per heavy atom. The summed E-state index contributed by atoms with van der Waals surface area (Å²) in [5, 5.41) is -0.252. The lowest BCUT2D eigenvalue weighted by molar-refractivity contribution is -0.127. The highest BCUT2D eigenvalue weighted by atomic mass is 32.2. The Bertz CT molecular complexity index is 482. The highest BCUT2D eigenvalue weighted by Crippen LogP contribution is 2.33. The molecule has 8 heteroatoms. The average molecular weight is 274 g/mol. The van der Waals surface area contributed by atoms with E-state index in [1.54, 1.807) is 0 Å². The van der Waals surface area contributed by atoms with Crippen molar-refractivity contribution < 1.29 is 22.7 Å². The maximum absolute atomic E-state index is 12.0. The zero-order chi connectivity index (χ0) is 12.9. The Labute approximate surface area is 105 Å². The van der Waals surface area contributed by atoms with E-state index in [1.807, 2.05) is 0 Å². The molecule has 0 bridgehead atoms. The van der Waals surface area contributed by atoms with E-state index in [2.05, 4.69) is 4.74 Å². The highest BCUT2D eigenvalue weighted by Gasteiger charge is 2.46. The fourth-order valence-electron chi connectivity index (χ4n) is 2.45. The molecule has 100 valence electrons. The normalized spacial score (nSPS) is 30.0. The molecular weight excluding hydrogens is 260 g/mol. The summed E-state index contributed by atoms with van der Waals surface area (Å²) in [4.78, 5) is 23.9. The van der Waals surface area contributed by atoms with Gasteiger partial charge in [0.05, 0.1) is 11.3 Å². The van der Waals surface area contributed by atoms with Crippen LogP contribution in [0, 0.1) is 0 Å². The fraction of sp³-hybridized carbons (Fsp3) is 0.800. The summed E-state index contributed by atoms with van der Waals surface area (Å²) < 4.78 is 30.1. The standard InChI is InChI=1S/C10H14N2O5S/c13-9-6-17-10(14)12(9)7-3-4-11(5-7)18(15,16)8-1-2-8/h7-8H,1-6H2.